The lowest BCUT2D eigenvalue weighted by Crippen LogP contribution is -1.94. The van der Waals surface area contributed by atoms with E-state index in [1.54, 1.807) is 11.8 Å². The Morgan fingerprint density at radius 2 is 2.00 bits per heavy atom. The van der Waals surface area contributed by atoms with E-state index in [0.717, 1.165) is 28.2 Å². The molecule has 3 heteroatoms. The molecule has 0 atom stereocenters. The maximum atomic E-state index is 9.47. The standard InChI is InChI=1S/C16H13NOS/c17-9-11-4-5-12-6-7-13-2-1-3-14(10-18)16(13)19-15(12)8-11/h1-5,8,18H,6-7,10H2. The second kappa shape index (κ2) is 5.08. The highest BCUT2D eigenvalue weighted by molar-refractivity contribution is 7.99. The van der Waals surface area contributed by atoms with Crippen LogP contribution in [0, 0.1) is 11.3 Å². The number of hydrogen-bond acceptors (Lipinski definition) is 3. The molecule has 0 saturated heterocycles. The van der Waals surface area contributed by atoms with E-state index in [2.05, 4.69) is 12.1 Å². The number of nitrogens with zero attached hydrogens (tertiary/aromatic N) is 1. The number of aryl methyl sites for hydroxylation is 2. The van der Waals surface area contributed by atoms with Crippen molar-refractivity contribution in [1.29, 1.82) is 5.26 Å². The molecular weight excluding hydrogens is 254 g/mol. The minimum atomic E-state index is 0.0590. The number of hydrogen-bond donors (Lipinski definition) is 1. The summed E-state index contributed by atoms with van der Waals surface area (Å²) in [5.74, 6) is 0. The van der Waals surface area contributed by atoms with Crippen molar-refractivity contribution in [2.45, 2.75) is 29.2 Å². The van der Waals surface area contributed by atoms with Gasteiger partial charge in [0.15, 0.2) is 0 Å². The van der Waals surface area contributed by atoms with Gasteiger partial charge in [-0.25, -0.2) is 0 Å². The molecule has 0 aromatic heterocycles. The maximum absolute atomic E-state index is 9.47. The SMILES string of the molecule is N#Cc1ccc2c(c1)Sc1c(CO)cccc1CC2. The minimum absolute atomic E-state index is 0.0590. The first-order valence-corrected chi connectivity index (χ1v) is 7.06. The summed E-state index contributed by atoms with van der Waals surface area (Å²) in [7, 11) is 0. The lowest BCUT2D eigenvalue weighted by atomic mass is 10.0. The molecule has 3 rings (SSSR count). The molecule has 0 fully saturated rings. The third kappa shape index (κ3) is 2.25. The van der Waals surface area contributed by atoms with Crippen LogP contribution in [0.3, 0.4) is 0 Å². The molecule has 94 valence electrons. The fourth-order valence-corrected chi connectivity index (χ4v) is 3.67. The van der Waals surface area contributed by atoms with E-state index in [9.17, 15) is 5.11 Å². The van der Waals surface area contributed by atoms with Gasteiger partial charge in [-0.1, -0.05) is 36.0 Å². The minimum Gasteiger partial charge on any atom is -0.392 e. The lowest BCUT2D eigenvalue weighted by Gasteiger charge is -2.10. The summed E-state index contributed by atoms with van der Waals surface area (Å²) < 4.78 is 0. The van der Waals surface area contributed by atoms with Gasteiger partial charge in [0.2, 0.25) is 0 Å². The van der Waals surface area contributed by atoms with Crippen LogP contribution >= 0.6 is 11.8 Å². The summed E-state index contributed by atoms with van der Waals surface area (Å²) in [4.78, 5) is 2.29. The van der Waals surface area contributed by atoms with Gasteiger partial charge >= 0.3 is 0 Å². The van der Waals surface area contributed by atoms with Crippen molar-refractivity contribution in [2.75, 3.05) is 0 Å². The summed E-state index contributed by atoms with van der Waals surface area (Å²) in [6.45, 7) is 0.0590. The van der Waals surface area contributed by atoms with Crippen LogP contribution in [0.2, 0.25) is 0 Å². The summed E-state index contributed by atoms with van der Waals surface area (Å²) in [5.41, 5.74) is 4.23. The second-order valence-corrected chi connectivity index (χ2v) is 5.65. The molecule has 0 spiro atoms. The Hall–Kier alpha value is -1.76. The predicted molar refractivity (Wildman–Crippen MR) is 75.1 cm³/mol. The van der Waals surface area contributed by atoms with Crippen LogP contribution in [0.5, 0.6) is 0 Å². The summed E-state index contributed by atoms with van der Waals surface area (Å²) >= 11 is 1.67. The molecule has 0 saturated carbocycles. The van der Waals surface area contributed by atoms with Gasteiger partial charge < -0.3 is 5.11 Å². The Balaban J connectivity index is 2.12. The monoisotopic (exact) mass is 267 g/mol. The zero-order chi connectivity index (χ0) is 13.2. The van der Waals surface area contributed by atoms with E-state index in [4.69, 9.17) is 5.26 Å². The van der Waals surface area contributed by atoms with Crippen molar-refractivity contribution in [2.24, 2.45) is 0 Å². The molecule has 1 aliphatic heterocycles. The topological polar surface area (TPSA) is 44.0 Å². The lowest BCUT2D eigenvalue weighted by molar-refractivity contribution is 0.278. The second-order valence-electron chi connectivity index (χ2n) is 4.60. The summed E-state index contributed by atoms with van der Waals surface area (Å²) in [5, 5.41) is 18.5. The zero-order valence-electron chi connectivity index (χ0n) is 10.4. The van der Waals surface area contributed by atoms with Gasteiger partial charge in [0, 0.05) is 9.79 Å². The fraction of sp³-hybridized carbons (Fsp3) is 0.188. The molecular formula is C16H13NOS. The maximum Gasteiger partial charge on any atom is 0.0992 e. The van der Waals surface area contributed by atoms with Crippen LogP contribution in [0.4, 0.5) is 0 Å². The van der Waals surface area contributed by atoms with Crippen LogP contribution in [0.25, 0.3) is 0 Å². The van der Waals surface area contributed by atoms with Crippen LogP contribution in [0.15, 0.2) is 46.2 Å². The molecule has 2 aromatic rings. The van der Waals surface area contributed by atoms with Crippen molar-refractivity contribution >= 4 is 11.8 Å². The van der Waals surface area contributed by atoms with Crippen molar-refractivity contribution < 1.29 is 5.11 Å². The third-order valence-corrected chi connectivity index (χ3v) is 4.75. The highest BCUT2D eigenvalue weighted by Gasteiger charge is 2.16. The Bertz CT molecular complexity index is 673. The van der Waals surface area contributed by atoms with Crippen molar-refractivity contribution in [3.05, 3.63) is 58.7 Å². The first kappa shape index (κ1) is 12.3. The summed E-state index contributed by atoms with van der Waals surface area (Å²) in [6.07, 6.45) is 1.96. The molecule has 1 N–H and O–H groups in total. The Labute approximate surface area is 116 Å². The van der Waals surface area contributed by atoms with Crippen molar-refractivity contribution in [3.63, 3.8) is 0 Å². The quantitative estimate of drug-likeness (QED) is 0.862. The molecule has 1 aliphatic rings. The number of rotatable bonds is 1. The van der Waals surface area contributed by atoms with E-state index < -0.39 is 0 Å². The Morgan fingerprint density at radius 3 is 2.79 bits per heavy atom. The molecule has 0 bridgehead atoms. The molecule has 0 radical (unpaired) electrons. The van der Waals surface area contributed by atoms with Gasteiger partial charge in [-0.15, -0.1) is 0 Å². The molecule has 1 heterocycles. The van der Waals surface area contributed by atoms with Crippen LogP contribution < -0.4 is 0 Å². The van der Waals surface area contributed by atoms with E-state index in [1.807, 2.05) is 30.3 Å². The normalized spacial score (nSPS) is 13.1. The average Bonchev–Trinajstić information content (AvgIpc) is 2.65. The van der Waals surface area contributed by atoms with Crippen molar-refractivity contribution in [3.8, 4) is 6.07 Å². The first-order valence-electron chi connectivity index (χ1n) is 6.24. The number of aliphatic hydroxyl groups is 1. The van der Waals surface area contributed by atoms with Gasteiger partial charge in [0.1, 0.15) is 0 Å². The van der Waals surface area contributed by atoms with Gasteiger partial charge in [-0.05, 0) is 41.7 Å². The van der Waals surface area contributed by atoms with E-state index in [-0.39, 0.29) is 6.61 Å². The molecule has 2 aromatic carbocycles. The zero-order valence-corrected chi connectivity index (χ0v) is 11.2. The van der Waals surface area contributed by atoms with E-state index in [0.29, 0.717) is 5.56 Å². The predicted octanol–water partition coefficient (Wildman–Crippen LogP) is 3.30. The highest BCUT2D eigenvalue weighted by Crippen LogP contribution is 2.39. The molecule has 0 amide bonds. The van der Waals surface area contributed by atoms with Crippen molar-refractivity contribution in [1.82, 2.24) is 0 Å². The van der Waals surface area contributed by atoms with E-state index >= 15 is 0 Å². The average molecular weight is 267 g/mol. The Morgan fingerprint density at radius 1 is 1.16 bits per heavy atom. The van der Waals surface area contributed by atoms with E-state index in [1.165, 1.54) is 11.1 Å². The van der Waals surface area contributed by atoms with Crippen LogP contribution in [-0.2, 0) is 19.4 Å². The fourth-order valence-electron chi connectivity index (χ4n) is 2.40. The van der Waals surface area contributed by atoms with Gasteiger partial charge in [0.25, 0.3) is 0 Å². The Kier molecular flexibility index (Phi) is 3.29. The molecule has 19 heavy (non-hydrogen) atoms. The number of aliphatic hydroxyl groups excluding tert-OH is 1. The largest absolute Gasteiger partial charge is 0.392 e. The number of nitriles is 1. The van der Waals surface area contributed by atoms with Gasteiger partial charge in [-0.2, -0.15) is 5.26 Å². The third-order valence-electron chi connectivity index (χ3n) is 3.42. The van der Waals surface area contributed by atoms with Gasteiger partial charge in [-0.3, -0.25) is 0 Å². The molecule has 2 nitrogen and oxygen atoms in total. The molecule has 0 aliphatic carbocycles. The summed E-state index contributed by atoms with van der Waals surface area (Å²) in [6, 6.07) is 14.1. The molecule has 0 unspecified atom stereocenters. The number of benzene rings is 2. The smallest absolute Gasteiger partial charge is 0.0992 e. The number of fused-ring (bicyclic) bond motifs is 2. The van der Waals surface area contributed by atoms with Crippen LogP contribution in [-0.4, -0.2) is 5.11 Å². The first-order chi connectivity index (χ1) is 9.31. The van der Waals surface area contributed by atoms with Crippen LogP contribution in [0.1, 0.15) is 22.3 Å². The highest BCUT2D eigenvalue weighted by atomic mass is 32.2. The van der Waals surface area contributed by atoms with Gasteiger partial charge in [0.05, 0.1) is 18.2 Å².